The number of benzene rings is 2. The summed E-state index contributed by atoms with van der Waals surface area (Å²) < 4.78 is 5.04. The highest BCUT2D eigenvalue weighted by Crippen LogP contribution is 2.22. The molecule has 2 rings (SSSR count). The molecule has 0 bridgehead atoms. The normalized spacial score (nSPS) is 12.1. The first-order valence-electron chi connectivity index (χ1n) is 9.92. The topological polar surface area (TPSA) is 84.5 Å². The van der Waals surface area contributed by atoms with Crippen LogP contribution in [0.5, 0.6) is 0 Å². The van der Waals surface area contributed by atoms with Crippen LogP contribution in [-0.2, 0) is 19.7 Å². The first-order chi connectivity index (χ1) is 14.0. The minimum Gasteiger partial charge on any atom is -0.454 e. The second-order valence-electron chi connectivity index (χ2n) is 8.50. The maximum absolute atomic E-state index is 12.4. The van der Waals surface area contributed by atoms with Crippen molar-refractivity contribution in [3.8, 4) is 0 Å². The van der Waals surface area contributed by atoms with Crippen LogP contribution < -0.4 is 10.6 Å². The number of aryl methyl sites for hydroxylation is 2. The molecule has 6 nitrogen and oxygen atoms in total. The molecular formula is C24H30N2O4. The van der Waals surface area contributed by atoms with E-state index in [9.17, 15) is 14.4 Å². The molecule has 0 heterocycles. The highest BCUT2D eigenvalue weighted by atomic mass is 16.5. The van der Waals surface area contributed by atoms with Gasteiger partial charge < -0.3 is 15.4 Å². The molecule has 2 amide bonds. The summed E-state index contributed by atoms with van der Waals surface area (Å²) in [4.78, 5) is 36.6. The summed E-state index contributed by atoms with van der Waals surface area (Å²) in [6.45, 7) is 11.2. The lowest BCUT2D eigenvalue weighted by atomic mass is 9.86. The molecule has 160 valence electrons. The fourth-order valence-electron chi connectivity index (χ4n) is 2.78. The third kappa shape index (κ3) is 6.44. The van der Waals surface area contributed by atoms with E-state index in [-0.39, 0.29) is 11.3 Å². The number of nitrogens with one attached hydrogen (secondary N) is 2. The Bertz CT molecular complexity index is 927. The molecule has 0 aliphatic carbocycles. The van der Waals surface area contributed by atoms with Crippen molar-refractivity contribution in [2.75, 3.05) is 11.9 Å². The van der Waals surface area contributed by atoms with Gasteiger partial charge in [-0.1, -0.05) is 45.0 Å². The van der Waals surface area contributed by atoms with Gasteiger partial charge in [0, 0.05) is 11.3 Å². The zero-order valence-electron chi connectivity index (χ0n) is 18.5. The Kier molecular flexibility index (Phi) is 7.38. The van der Waals surface area contributed by atoms with Crippen molar-refractivity contribution in [3.05, 3.63) is 64.7 Å². The van der Waals surface area contributed by atoms with E-state index in [1.807, 2.05) is 44.2 Å². The SMILES string of the molecule is Cc1ccc(C)c(NC(=O)COC(=O)[C@H](C)NC(=O)c2ccc(C(C)(C)C)cc2)c1. The lowest BCUT2D eigenvalue weighted by Crippen LogP contribution is -2.40. The van der Waals surface area contributed by atoms with Crippen molar-refractivity contribution in [1.82, 2.24) is 5.32 Å². The number of carbonyl (C=O) groups is 3. The summed E-state index contributed by atoms with van der Waals surface area (Å²) in [7, 11) is 0. The van der Waals surface area contributed by atoms with Crippen LogP contribution in [0.25, 0.3) is 0 Å². The van der Waals surface area contributed by atoms with E-state index in [1.54, 1.807) is 12.1 Å². The van der Waals surface area contributed by atoms with Crippen LogP contribution in [0, 0.1) is 13.8 Å². The van der Waals surface area contributed by atoms with Crippen molar-refractivity contribution in [2.45, 2.75) is 53.0 Å². The second-order valence-corrected chi connectivity index (χ2v) is 8.50. The Hall–Kier alpha value is -3.15. The molecule has 0 unspecified atom stereocenters. The van der Waals surface area contributed by atoms with E-state index in [1.165, 1.54) is 6.92 Å². The number of amides is 2. The average molecular weight is 411 g/mol. The molecule has 0 aromatic heterocycles. The van der Waals surface area contributed by atoms with Gasteiger partial charge in [0.1, 0.15) is 6.04 Å². The Morgan fingerprint density at radius 3 is 2.23 bits per heavy atom. The molecule has 0 radical (unpaired) electrons. The van der Waals surface area contributed by atoms with E-state index in [0.717, 1.165) is 16.7 Å². The van der Waals surface area contributed by atoms with Gasteiger partial charge in [-0.05, 0) is 61.1 Å². The van der Waals surface area contributed by atoms with Gasteiger partial charge in [-0.2, -0.15) is 0 Å². The molecule has 0 fully saturated rings. The standard InChI is InChI=1S/C24H30N2O4/c1-15-7-8-16(2)20(13-15)26-21(27)14-30-23(29)17(3)25-22(28)18-9-11-19(12-10-18)24(4,5)6/h7-13,17H,14H2,1-6H3,(H,25,28)(H,26,27)/t17-/m0/s1. The van der Waals surface area contributed by atoms with Crippen molar-refractivity contribution in [3.63, 3.8) is 0 Å². The van der Waals surface area contributed by atoms with Crippen LogP contribution in [0.4, 0.5) is 5.69 Å². The second kappa shape index (κ2) is 9.57. The summed E-state index contributed by atoms with van der Waals surface area (Å²) >= 11 is 0. The van der Waals surface area contributed by atoms with Gasteiger partial charge in [0.15, 0.2) is 6.61 Å². The maximum Gasteiger partial charge on any atom is 0.328 e. The lowest BCUT2D eigenvalue weighted by Gasteiger charge is -2.19. The quantitative estimate of drug-likeness (QED) is 0.708. The van der Waals surface area contributed by atoms with Gasteiger partial charge in [0.05, 0.1) is 0 Å². The summed E-state index contributed by atoms with van der Waals surface area (Å²) in [6, 6.07) is 12.1. The first kappa shape index (κ1) is 23.1. The number of esters is 1. The van der Waals surface area contributed by atoms with E-state index in [4.69, 9.17) is 4.74 Å². The summed E-state index contributed by atoms with van der Waals surface area (Å²) in [5.41, 5.74) is 4.16. The largest absolute Gasteiger partial charge is 0.454 e. The van der Waals surface area contributed by atoms with Crippen molar-refractivity contribution in [2.24, 2.45) is 0 Å². The molecular weight excluding hydrogens is 380 g/mol. The van der Waals surface area contributed by atoms with Crippen LogP contribution in [0.1, 0.15) is 54.7 Å². The molecule has 2 N–H and O–H groups in total. The molecule has 6 heteroatoms. The van der Waals surface area contributed by atoms with Crippen molar-refractivity contribution >= 4 is 23.5 Å². The third-order valence-corrected chi connectivity index (χ3v) is 4.73. The van der Waals surface area contributed by atoms with E-state index in [0.29, 0.717) is 11.3 Å². The maximum atomic E-state index is 12.4. The number of carbonyl (C=O) groups excluding carboxylic acids is 3. The summed E-state index contributed by atoms with van der Waals surface area (Å²) in [6.07, 6.45) is 0. The number of rotatable bonds is 6. The molecule has 1 atom stereocenters. The molecule has 0 spiro atoms. The van der Waals surface area contributed by atoms with Gasteiger partial charge in [-0.25, -0.2) is 4.79 Å². The van der Waals surface area contributed by atoms with E-state index >= 15 is 0 Å². The first-order valence-corrected chi connectivity index (χ1v) is 9.92. The smallest absolute Gasteiger partial charge is 0.328 e. The van der Waals surface area contributed by atoms with Crippen LogP contribution >= 0.6 is 0 Å². The van der Waals surface area contributed by atoms with Crippen LogP contribution in [0.3, 0.4) is 0 Å². The molecule has 0 saturated heterocycles. The fraction of sp³-hybridized carbons (Fsp3) is 0.375. The van der Waals surface area contributed by atoms with Gasteiger partial charge in [-0.3, -0.25) is 9.59 Å². The molecule has 2 aromatic rings. The van der Waals surface area contributed by atoms with Gasteiger partial charge in [0.25, 0.3) is 11.8 Å². The van der Waals surface area contributed by atoms with Gasteiger partial charge in [0.2, 0.25) is 0 Å². The average Bonchev–Trinajstić information content (AvgIpc) is 2.68. The molecule has 0 aliphatic rings. The minimum absolute atomic E-state index is 0.0103. The van der Waals surface area contributed by atoms with Gasteiger partial charge >= 0.3 is 5.97 Å². The summed E-state index contributed by atoms with van der Waals surface area (Å²) in [5.74, 6) is -1.49. The summed E-state index contributed by atoms with van der Waals surface area (Å²) in [5, 5.41) is 5.32. The monoisotopic (exact) mass is 410 g/mol. The zero-order chi connectivity index (χ0) is 22.5. The molecule has 0 saturated carbocycles. The Labute approximate surface area is 178 Å². The third-order valence-electron chi connectivity index (χ3n) is 4.73. The predicted octanol–water partition coefficient (Wildman–Crippen LogP) is 3.90. The fourth-order valence-corrected chi connectivity index (χ4v) is 2.78. The lowest BCUT2D eigenvalue weighted by molar-refractivity contribution is -0.148. The highest BCUT2D eigenvalue weighted by Gasteiger charge is 2.20. The number of ether oxygens (including phenoxy) is 1. The molecule has 0 aliphatic heterocycles. The predicted molar refractivity (Wildman–Crippen MR) is 118 cm³/mol. The Morgan fingerprint density at radius 2 is 1.63 bits per heavy atom. The van der Waals surface area contributed by atoms with E-state index in [2.05, 4.69) is 31.4 Å². The molecule has 30 heavy (non-hydrogen) atoms. The van der Waals surface area contributed by atoms with Gasteiger partial charge in [-0.15, -0.1) is 0 Å². The zero-order valence-corrected chi connectivity index (χ0v) is 18.5. The van der Waals surface area contributed by atoms with Crippen LogP contribution in [0.2, 0.25) is 0 Å². The Balaban J connectivity index is 1.86. The molecule has 2 aromatic carbocycles. The van der Waals surface area contributed by atoms with Crippen molar-refractivity contribution < 1.29 is 19.1 Å². The minimum atomic E-state index is -0.881. The number of anilines is 1. The Morgan fingerprint density at radius 1 is 1.00 bits per heavy atom. The number of hydrogen-bond acceptors (Lipinski definition) is 4. The highest BCUT2D eigenvalue weighted by molar-refractivity contribution is 5.97. The van der Waals surface area contributed by atoms with E-state index < -0.39 is 24.5 Å². The van der Waals surface area contributed by atoms with Crippen LogP contribution in [0.15, 0.2) is 42.5 Å². The number of hydrogen-bond donors (Lipinski definition) is 2. The van der Waals surface area contributed by atoms with Crippen molar-refractivity contribution in [1.29, 1.82) is 0 Å². The van der Waals surface area contributed by atoms with Crippen LogP contribution in [-0.4, -0.2) is 30.4 Å².